The molecule has 12 bridgehead atoms. The summed E-state index contributed by atoms with van der Waals surface area (Å²) in [5.41, 5.74) is -2.16. The number of Topliss-reactive ketones (excluding diaryl/α,β-unsaturated/α-hetero) is 2. The number of hydrogen-bond acceptors (Lipinski definition) is 22. The molecule has 12 aliphatic rings. The van der Waals surface area contributed by atoms with Crippen LogP contribution in [0.15, 0.2) is 121 Å². The molecule has 6 heterocycles. The van der Waals surface area contributed by atoms with Gasteiger partial charge >= 0.3 is 23.9 Å². The van der Waals surface area contributed by atoms with Crippen LogP contribution >= 0.6 is 0 Å². The van der Waals surface area contributed by atoms with Gasteiger partial charge in [-0.1, -0.05) is 100 Å². The van der Waals surface area contributed by atoms with E-state index in [-0.39, 0.29) is 45.7 Å². The highest BCUT2D eigenvalue weighted by atomic mass is 32.2. The second kappa shape index (κ2) is 21.7. The van der Waals surface area contributed by atoms with Crippen molar-refractivity contribution in [2.45, 2.75) is 165 Å². The SMILES string of the molecule is CC12OC3[C@@H](OC(=O)c4ccccc4)[C@H](O1)C(OS(=O)(=O)C[C@]14CC[C@H](CC1=O)C4(C)C)[C@H](O2)[C@@H]3OC(=O)c1ccccc1.CC12OC3[C@H](OC(=O)c4ccccc4)[C@H](O1)C(OS(=O)(=O)C[C@]14CC[C@H](CC1=O)C4(C)C)[C@H](O2)[C@H]3OC(=O)c1ccccc1. The fourth-order valence-electron chi connectivity index (χ4n) is 15.7. The van der Waals surface area contributed by atoms with E-state index in [9.17, 15) is 45.6 Å². The summed E-state index contributed by atoms with van der Waals surface area (Å²) in [6.07, 6.45) is -11.2. The van der Waals surface area contributed by atoms with Crippen molar-refractivity contribution in [3.8, 4) is 0 Å². The van der Waals surface area contributed by atoms with Gasteiger partial charge in [0.2, 0.25) is 0 Å². The van der Waals surface area contributed by atoms with Gasteiger partial charge in [0.15, 0.2) is 24.4 Å². The third-order valence-electron chi connectivity index (χ3n) is 20.6. The molecule has 468 valence electrons. The number of benzene rings is 4. The van der Waals surface area contributed by atoms with Gasteiger partial charge in [-0.15, -0.1) is 0 Å². The molecule has 6 unspecified atom stereocenters. The zero-order valence-electron chi connectivity index (χ0n) is 49.1. The van der Waals surface area contributed by atoms with Crippen LogP contribution in [0.1, 0.15) is 121 Å². The molecular formula is C64H68O22S2. The lowest BCUT2D eigenvalue weighted by Crippen LogP contribution is -2.79. The molecule has 4 aromatic rings. The second-order valence-corrected chi connectivity index (χ2v) is 29.2. The molecule has 88 heavy (non-hydrogen) atoms. The van der Waals surface area contributed by atoms with Crippen molar-refractivity contribution in [3.05, 3.63) is 144 Å². The standard InChI is InChI=1S/2C32H34O11S/c2*1-30(2)20-14-15-32(30,21(33)16-20)17-44(36,37)43-27-25-22(38-28(34)18-10-6-4-7-11-18)24-23(26(27)42-31(3,40-24)41-25)39-29(35)19-12-8-5-9-13-19/h2*4-13,20,22-27H,14-17H2,1-3H3/t20-,22+,23+,24?,25-,26+,27?,31?,32-;20-,22-,23-,24?,25-,26+,27?,31?,32-/m11/s1. The molecule has 18 atom stereocenters. The van der Waals surface area contributed by atoms with Crippen molar-refractivity contribution in [2.75, 3.05) is 11.5 Å². The third kappa shape index (κ3) is 10.2. The second-order valence-electron chi connectivity index (χ2n) is 26.0. The molecule has 6 aliphatic carbocycles. The maximum atomic E-state index is 13.8. The maximum absolute atomic E-state index is 13.8. The monoisotopic (exact) mass is 1250 g/mol. The van der Waals surface area contributed by atoms with Crippen molar-refractivity contribution in [1.29, 1.82) is 0 Å². The van der Waals surface area contributed by atoms with E-state index in [0.29, 0.717) is 25.7 Å². The lowest BCUT2D eigenvalue weighted by Gasteiger charge is -2.61. The van der Waals surface area contributed by atoms with Crippen LogP contribution in [0.4, 0.5) is 0 Å². The average molecular weight is 1250 g/mol. The topological polar surface area (TPSA) is 281 Å². The Morgan fingerprint density at radius 2 is 0.636 bits per heavy atom. The van der Waals surface area contributed by atoms with E-state index in [1.807, 2.05) is 27.7 Å². The quantitative estimate of drug-likeness (QED) is 0.0630. The number of carbonyl (C=O) groups excluding carboxylic acids is 6. The summed E-state index contributed by atoms with van der Waals surface area (Å²) >= 11 is 0. The number of rotatable bonds is 16. The fraction of sp³-hybridized carbons (Fsp3) is 0.531. The zero-order valence-corrected chi connectivity index (χ0v) is 50.7. The number of ketones is 2. The van der Waals surface area contributed by atoms with Gasteiger partial charge < -0.3 is 47.4 Å². The van der Waals surface area contributed by atoms with Gasteiger partial charge in [-0.05, 0) is 96.9 Å². The first-order valence-electron chi connectivity index (χ1n) is 29.6. The predicted octanol–water partition coefficient (Wildman–Crippen LogP) is 6.84. The number of ether oxygens (including phenoxy) is 10. The summed E-state index contributed by atoms with van der Waals surface area (Å²) in [4.78, 5) is 79.1. The Kier molecular flexibility index (Phi) is 14.9. The molecule has 0 amide bonds. The first-order valence-corrected chi connectivity index (χ1v) is 32.8. The number of esters is 4. The molecule has 6 saturated carbocycles. The van der Waals surface area contributed by atoms with Gasteiger partial charge in [0.1, 0.15) is 60.4 Å². The Morgan fingerprint density at radius 3 is 0.852 bits per heavy atom. The molecule has 0 spiro atoms. The van der Waals surface area contributed by atoms with Gasteiger partial charge in [-0.25, -0.2) is 19.2 Å². The summed E-state index contributed by atoms with van der Waals surface area (Å²) in [5.74, 6) is -7.01. The normalized spacial score (nSPS) is 38.1. The molecule has 12 fully saturated rings. The number of hydrogen-bond donors (Lipinski definition) is 0. The molecular weight excluding hydrogens is 1180 g/mol. The summed E-state index contributed by atoms with van der Waals surface area (Å²) < 4.78 is 127. The van der Waals surface area contributed by atoms with Gasteiger partial charge in [-0.2, -0.15) is 16.8 Å². The van der Waals surface area contributed by atoms with Crippen LogP contribution in [0.5, 0.6) is 0 Å². The van der Waals surface area contributed by atoms with Crippen molar-refractivity contribution in [2.24, 2.45) is 33.5 Å². The minimum Gasteiger partial charge on any atom is -0.453 e. The minimum absolute atomic E-state index is 0.0752. The lowest BCUT2D eigenvalue weighted by atomic mass is 9.70. The fourth-order valence-corrected chi connectivity index (χ4v) is 19.6. The van der Waals surface area contributed by atoms with Crippen LogP contribution in [0.2, 0.25) is 0 Å². The van der Waals surface area contributed by atoms with Gasteiger partial charge in [0.25, 0.3) is 32.2 Å². The number of fused-ring (bicyclic) bond motifs is 4. The first-order chi connectivity index (χ1) is 41.6. The molecule has 16 rings (SSSR count). The van der Waals surface area contributed by atoms with Crippen LogP contribution < -0.4 is 0 Å². The van der Waals surface area contributed by atoms with Crippen LogP contribution in [-0.4, -0.2) is 149 Å². The minimum atomic E-state index is -4.39. The van der Waals surface area contributed by atoms with E-state index in [1.165, 1.54) is 13.8 Å². The molecule has 0 N–H and O–H groups in total. The summed E-state index contributed by atoms with van der Waals surface area (Å²) in [6, 6.07) is 33.0. The highest BCUT2D eigenvalue weighted by Gasteiger charge is 2.73. The summed E-state index contributed by atoms with van der Waals surface area (Å²) in [6.45, 7) is 10.8. The Bertz CT molecular complexity index is 3280. The molecule has 4 aromatic carbocycles. The van der Waals surface area contributed by atoms with Crippen molar-refractivity contribution in [1.82, 2.24) is 0 Å². The van der Waals surface area contributed by atoms with Crippen LogP contribution in [-0.2, 0) is 85.6 Å². The van der Waals surface area contributed by atoms with Crippen LogP contribution in [0, 0.1) is 33.5 Å². The Morgan fingerprint density at radius 1 is 0.398 bits per heavy atom. The summed E-state index contributed by atoms with van der Waals surface area (Å²) in [7, 11) is -8.78. The highest BCUT2D eigenvalue weighted by Crippen LogP contribution is 2.66. The zero-order chi connectivity index (χ0) is 62.1. The first kappa shape index (κ1) is 60.6. The van der Waals surface area contributed by atoms with Gasteiger partial charge in [0, 0.05) is 26.7 Å². The molecule has 6 saturated heterocycles. The highest BCUT2D eigenvalue weighted by molar-refractivity contribution is 7.87. The van der Waals surface area contributed by atoms with Crippen molar-refractivity contribution in [3.63, 3.8) is 0 Å². The van der Waals surface area contributed by atoms with E-state index in [1.54, 1.807) is 121 Å². The van der Waals surface area contributed by atoms with Gasteiger partial charge in [0.05, 0.1) is 44.6 Å². The Hall–Kier alpha value is -6.32. The molecule has 0 radical (unpaired) electrons. The molecule has 0 aromatic heterocycles. The lowest BCUT2D eigenvalue weighted by molar-refractivity contribution is -0.528. The van der Waals surface area contributed by atoms with Gasteiger partial charge in [-0.3, -0.25) is 18.0 Å². The predicted molar refractivity (Wildman–Crippen MR) is 303 cm³/mol. The average Bonchev–Trinajstić information content (AvgIpc) is 1.07. The van der Waals surface area contributed by atoms with E-state index >= 15 is 0 Å². The van der Waals surface area contributed by atoms with E-state index < -0.39 is 162 Å². The largest absolute Gasteiger partial charge is 0.453 e. The maximum Gasteiger partial charge on any atom is 0.338 e. The third-order valence-corrected chi connectivity index (χ3v) is 23.4. The Labute approximate surface area is 508 Å². The van der Waals surface area contributed by atoms with Crippen molar-refractivity contribution < 1.29 is 101 Å². The summed E-state index contributed by atoms with van der Waals surface area (Å²) in [5, 5.41) is 0. The van der Waals surface area contributed by atoms with Crippen LogP contribution in [0.25, 0.3) is 0 Å². The number of carbonyl (C=O) groups is 6. The molecule has 6 aliphatic heterocycles. The van der Waals surface area contributed by atoms with Crippen molar-refractivity contribution >= 4 is 55.7 Å². The smallest absolute Gasteiger partial charge is 0.338 e. The van der Waals surface area contributed by atoms with E-state index in [0.717, 1.165) is 12.8 Å². The van der Waals surface area contributed by atoms with E-state index in [2.05, 4.69) is 0 Å². The van der Waals surface area contributed by atoms with Crippen LogP contribution in [0.3, 0.4) is 0 Å². The molecule has 24 heteroatoms. The Balaban J connectivity index is 0.000000162. The molecule has 22 nitrogen and oxygen atoms in total. The van der Waals surface area contributed by atoms with E-state index in [4.69, 9.17) is 55.7 Å².